The molecule has 0 saturated carbocycles. The summed E-state index contributed by atoms with van der Waals surface area (Å²) in [6.45, 7) is 7.12. The van der Waals surface area contributed by atoms with Crippen molar-refractivity contribution in [2.24, 2.45) is 0 Å². The molecule has 0 fully saturated rings. The van der Waals surface area contributed by atoms with E-state index in [9.17, 15) is 19.5 Å². The normalized spacial score (nSPS) is 12.8. The number of carboxylic acid groups (broad SMARTS) is 1. The van der Waals surface area contributed by atoms with Crippen molar-refractivity contribution in [3.05, 3.63) is 75.1 Å². The molecular weight excluding hydrogens is 434 g/mol. The number of carbonyl (C=O) groups excluding carboxylic acids is 2. The standard InChI is InChI=1S/C27H31NO6/c1-5-6-12-22(26(30)31)28-25(29)18(4)33-23-14-13-20-16(2)21(15-19-10-8-7-9-11-19)27(32)34-24(20)17(23)3/h7-11,13-14,18,22H,5-6,12,15H2,1-4H3,(H,28,29)(H,30,31)/p-1/t18-,22+/m0/s1. The molecule has 3 rings (SSSR count). The second-order valence-corrected chi connectivity index (χ2v) is 8.50. The summed E-state index contributed by atoms with van der Waals surface area (Å²) in [5.74, 6) is -1.49. The number of aliphatic carboxylic acids is 1. The number of fused-ring (bicyclic) bond motifs is 1. The topological polar surface area (TPSA) is 109 Å². The highest BCUT2D eigenvalue weighted by molar-refractivity contribution is 5.87. The summed E-state index contributed by atoms with van der Waals surface area (Å²) in [5.41, 5.74) is 3.03. The molecule has 1 N–H and O–H groups in total. The summed E-state index contributed by atoms with van der Waals surface area (Å²) < 4.78 is 11.5. The van der Waals surface area contributed by atoms with Gasteiger partial charge in [-0.25, -0.2) is 4.79 Å². The van der Waals surface area contributed by atoms with Gasteiger partial charge in [0, 0.05) is 22.9 Å². The molecule has 180 valence electrons. The van der Waals surface area contributed by atoms with Crippen LogP contribution in [0, 0.1) is 13.8 Å². The smallest absolute Gasteiger partial charge is 0.340 e. The Morgan fingerprint density at radius 2 is 1.79 bits per heavy atom. The second-order valence-electron chi connectivity index (χ2n) is 8.50. The van der Waals surface area contributed by atoms with Gasteiger partial charge in [-0.05, 0) is 50.5 Å². The number of unbranched alkanes of at least 4 members (excludes halogenated alkanes) is 1. The second kappa shape index (κ2) is 11.0. The lowest BCUT2D eigenvalue weighted by Gasteiger charge is -2.23. The largest absolute Gasteiger partial charge is 0.548 e. The molecule has 0 spiro atoms. The first kappa shape index (κ1) is 25.0. The Labute approximate surface area is 198 Å². The van der Waals surface area contributed by atoms with Crippen molar-refractivity contribution in [3.63, 3.8) is 0 Å². The van der Waals surface area contributed by atoms with Gasteiger partial charge < -0.3 is 24.4 Å². The van der Waals surface area contributed by atoms with Crippen LogP contribution < -0.4 is 20.8 Å². The summed E-state index contributed by atoms with van der Waals surface area (Å²) >= 11 is 0. The van der Waals surface area contributed by atoms with Crippen LogP contribution in [0.25, 0.3) is 11.0 Å². The fraction of sp³-hybridized carbons (Fsp3) is 0.370. The highest BCUT2D eigenvalue weighted by Gasteiger charge is 2.22. The van der Waals surface area contributed by atoms with E-state index in [4.69, 9.17) is 9.15 Å². The van der Waals surface area contributed by atoms with Crippen LogP contribution in [0.4, 0.5) is 0 Å². The minimum Gasteiger partial charge on any atom is -0.548 e. The van der Waals surface area contributed by atoms with Crippen LogP contribution in [0.1, 0.15) is 55.4 Å². The minimum absolute atomic E-state index is 0.294. The third-order valence-corrected chi connectivity index (χ3v) is 6.00. The van der Waals surface area contributed by atoms with Crippen LogP contribution in [0.5, 0.6) is 5.75 Å². The SMILES string of the molecule is CCCC[C@@H](NC(=O)[C@H](C)Oc1ccc2c(C)c(Cc3ccccc3)c(=O)oc2c1C)C(=O)[O-]. The van der Waals surface area contributed by atoms with Gasteiger partial charge >= 0.3 is 5.63 Å². The zero-order chi connectivity index (χ0) is 24.8. The average molecular weight is 465 g/mol. The summed E-state index contributed by atoms with van der Waals surface area (Å²) in [4.78, 5) is 36.6. The van der Waals surface area contributed by atoms with Crippen molar-refractivity contribution in [3.8, 4) is 5.75 Å². The van der Waals surface area contributed by atoms with Crippen LogP contribution in [0.2, 0.25) is 0 Å². The molecule has 0 aliphatic rings. The predicted octanol–water partition coefficient (Wildman–Crippen LogP) is 3.19. The first-order chi connectivity index (χ1) is 16.2. The third kappa shape index (κ3) is 5.65. The highest BCUT2D eigenvalue weighted by atomic mass is 16.5. The molecule has 3 aromatic rings. The number of rotatable bonds is 10. The molecule has 0 aliphatic heterocycles. The zero-order valence-electron chi connectivity index (χ0n) is 20.0. The summed E-state index contributed by atoms with van der Waals surface area (Å²) in [6.07, 6.45) is 1.27. The molecule has 7 nitrogen and oxygen atoms in total. The maximum absolute atomic E-state index is 12.8. The lowest BCUT2D eigenvalue weighted by Crippen LogP contribution is -2.51. The number of hydrogen-bond donors (Lipinski definition) is 1. The monoisotopic (exact) mass is 464 g/mol. The number of benzene rings is 2. The molecule has 0 bridgehead atoms. The average Bonchev–Trinajstić information content (AvgIpc) is 2.81. The molecule has 0 aliphatic carbocycles. The Hall–Kier alpha value is -3.61. The molecule has 7 heteroatoms. The van der Waals surface area contributed by atoms with E-state index < -0.39 is 29.6 Å². The third-order valence-electron chi connectivity index (χ3n) is 6.00. The first-order valence-electron chi connectivity index (χ1n) is 11.5. The number of nitrogens with one attached hydrogen (secondary N) is 1. The van der Waals surface area contributed by atoms with Crippen molar-refractivity contribution >= 4 is 22.8 Å². The Bertz CT molecular complexity index is 1230. The van der Waals surface area contributed by atoms with Gasteiger partial charge in [0.2, 0.25) is 0 Å². The highest BCUT2D eigenvalue weighted by Crippen LogP contribution is 2.30. The van der Waals surface area contributed by atoms with Gasteiger partial charge in [-0.3, -0.25) is 4.79 Å². The lowest BCUT2D eigenvalue weighted by molar-refractivity contribution is -0.308. The molecule has 1 aromatic heterocycles. The van der Waals surface area contributed by atoms with Crippen LogP contribution in [0.3, 0.4) is 0 Å². The van der Waals surface area contributed by atoms with Crippen LogP contribution in [-0.4, -0.2) is 24.0 Å². The van der Waals surface area contributed by atoms with E-state index in [0.717, 1.165) is 22.9 Å². The van der Waals surface area contributed by atoms with Crippen LogP contribution >= 0.6 is 0 Å². The number of amides is 1. The van der Waals surface area contributed by atoms with E-state index in [1.165, 1.54) is 6.92 Å². The van der Waals surface area contributed by atoms with E-state index >= 15 is 0 Å². The van der Waals surface area contributed by atoms with Crippen molar-refractivity contribution < 1.29 is 23.8 Å². The summed E-state index contributed by atoms with van der Waals surface area (Å²) in [7, 11) is 0. The van der Waals surface area contributed by atoms with E-state index in [1.54, 1.807) is 19.1 Å². The van der Waals surface area contributed by atoms with E-state index in [1.807, 2.05) is 44.2 Å². The number of hydrogen-bond acceptors (Lipinski definition) is 6. The zero-order valence-corrected chi connectivity index (χ0v) is 20.0. The van der Waals surface area contributed by atoms with Crippen molar-refractivity contribution in [2.45, 2.75) is 65.5 Å². The number of aryl methyl sites for hydroxylation is 2. The number of carbonyl (C=O) groups is 2. The van der Waals surface area contributed by atoms with Gasteiger partial charge in [0.1, 0.15) is 11.3 Å². The fourth-order valence-electron chi connectivity index (χ4n) is 3.89. The Morgan fingerprint density at radius 1 is 1.09 bits per heavy atom. The molecule has 1 heterocycles. The van der Waals surface area contributed by atoms with Gasteiger partial charge in [-0.15, -0.1) is 0 Å². The molecule has 34 heavy (non-hydrogen) atoms. The Balaban J connectivity index is 1.83. The molecule has 1 amide bonds. The molecule has 2 atom stereocenters. The Kier molecular flexibility index (Phi) is 8.10. The maximum atomic E-state index is 12.8. The van der Waals surface area contributed by atoms with Crippen molar-refractivity contribution in [1.29, 1.82) is 0 Å². The van der Waals surface area contributed by atoms with Gasteiger partial charge in [0.05, 0.1) is 12.0 Å². The first-order valence-corrected chi connectivity index (χ1v) is 11.5. The lowest BCUT2D eigenvalue weighted by atomic mass is 9.98. The fourth-order valence-corrected chi connectivity index (χ4v) is 3.89. The van der Waals surface area contributed by atoms with E-state index in [2.05, 4.69) is 5.32 Å². The van der Waals surface area contributed by atoms with Gasteiger partial charge in [-0.1, -0.05) is 50.1 Å². The van der Waals surface area contributed by atoms with Gasteiger partial charge in [0.15, 0.2) is 6.10 Å². The van der Waals surface area contributed by atoms with Crippen LogP contribution in [0.15, 0.2) is 51.7 Å². The molecule has 0 saturated heterocycles. The van der Waals surface area contributed by atoms with Crippen molar-refractivity contribution in [2.75, 3.05) is 0 Å². The number of carboxylic acids is 1. The Morgan fingerprint density at radius 3 is 2.44 bits per heavy atom. The summed E-state index contributed by atoms with van der Waals surface area (Å²) in [6, 6.07) is 12.2. The molecule has 2 aromatic carbocycles. The molecule has 0 radical (unpaired) electrons. The number of ether oxygens (including phenoxy) is 1. The molecule has 0 unspecified atom stereocenters. The summed E-state index contributed by atoms with van der Waals surface area (Å²) in [5, 5.41) is 14.6. The van der Waals surface area contributed by atoms with Crippen LogP contribution in [-0.2, 0) is 16.0 Å². The minimum atomic E-state index is -1.32. The van der Waals surface area contributed by atoms with E-state index in [0.29, 0.717) is 41.7 Å². The van der Waals surface area contributed by atoms with Gasteiger partial charge in [0.25, 0.3) is 5.91 Å². The maximum Gasteiger partial charge on any atom is 0.340 e. The quantitative estimate of drug-likeness (QED) is 0.462. The van der Waals surface area contributed by atoms with E-state index in [-0.39, 0.29) is 0 Å². The molecular formula is C27H30NO6-. The predicted molar refractivity (Wildman–Crippen MR) is 128 cm³/mol. The van der Waals surface area contributed by atoms with Gasteiger partial charge in [-0.2, -0.15) is 0 Å². The van der Waals surface area contributed by atoms with Crippen molar-refractivity contribution in [1.82, 2.24) is 5.32 Å².